The van der Waals surface area contributed by atoms with Crippen molar-refractivity contribution in [2.45, 2.75) is 26.3 Å². The van der Waals surface area contributed by atoms with Gasteiger partial charge in [-0.25, -0.2) is 13.6 Å². The summed E-state index contributed by atoms with van der Waals surface area (Å²) in [6.45, 7) is 5.18. The number of carbonyl (C=O) groups excluding carboxylic acids is 1. The van der Waals surface area contributed by atoms with Gasteiger partial charge in [0.05, 0.1) is 18.7 Å². The van der Waals surface area contributed by atoms with E-state index in [1.807, 2.05) is 6.92 Å². The van der Waals surface area contributed by atoms with Gasteiger partial charge in [0.25, 0.3) is 5.89 Å². The second kappa shape index (κ2) is 10.6. The molecular formula is C25H26F2N4O4. The number of benzene rings is 2. The lowest BCUT2D eigenvalue weighted by Gasteiger charge is -2.35. The van der Waals surface area contributed by atoms with Crippen LogP contribution in [-0.2, 0) is 4.74 Å². The maximum atomic E-state index is 14.2. The maximum absolute atomic E-state index is 14.2. The van der Waals surface area contributed by atoms with Gasteiger partial charge in [-0.15, -0.1) is 0 Å². The minimum atomic E-state index is -0.720. The van der Waals surface area contributed by atoms with Crippen molar-refractivity contribution in [3.8, 4) is 17.1 Å². The SMILES string of the molecule is CCOCCCN1C(=O)NC(c2cccc(F)c2)C(c2nc(-c3ccc(OC)c(F)c3)no2)=C1C. The third-order valence-corrected chi connectivity index (χ3v) is 5.72. The summed E-state index contributed by atoms with van der Waals surface area (Å²) >= 11 is 0. The minimum Gasteiger partial charge on any atom is -0.494 e. The fourth-order valence-electron chi connectivity index (χ4n) is 3.99. The molecule has 0 bridgehead atoms. The Balaban J connectivity index is 1.74. The first-order valence-electron chi connectivity index (χ1n) is 11.2. The molecule has 0 fully saturated rings. The zero-order valence-corrected chi connectivity index (χ0v) is 19.7. The fourth-order valence-corrected chi connectivity index (χ4v) is 3.99. The van der Waals surface area contributed by atoms with Crippen LogP contribution in [0.4, 0.5) is 13.6 Å². The van der Waals surface area contributed by atoms with E-state index in [0.717, 1.165) is 0 Å². The highest BCUT2D eigenvalue weighted by Gasteiger charge is 2.35. The molecule has 2 aromatic carbocycles. The second-order valence-corrected chi connectivity index (χ2v) is 7.91. The number of rotatable bonds is 9. The van der Waals surface area contributed by atoms with Crippen molar-refractivity contribution >= 4 is 11.6 Å². The molecule has 0 saturated carbocycles. The van der Waals surface area contributed by atoms with Gasteiger partial charge in [0, 0.05) is 31.0 Å². The Bertz CT molecular complexity index is 1240. The molecule has 10 heteroatoms. The molecule has 1 aliphatic rings. The standard InChI is InChI=1S/C25H26F2N4O4/c1-4-34-12-6-11-31-15(2)21(22(28-25(31)32)16-7-5-8-18(26)13-16)24-29-23(30-35-24)17-9-10-20(33-3)19(27)14-17/h5,7-10,13-14,22H,4,6,11-12H2,1-3H3,(H,28,32). The molecule has 4 rings (SSSR count). The van der Waals surface area contributed by atoms with Crippen LogP contribution in [0.2, 0.25) is 0 Å². The van der Waals surface area contributed by atoms with Crippen LogP contribution < -0.4 is 10.1 Å². The quantitative estimate of drug-likeness (QED) is 0.433. The van der Waals surface area contributed by atoms with Crippen LogP contribution in [0.25, 0.3) is 17.0 Å². The monoisotopic (exact) mass is 484 g/mol. The van der Waals surface area contributed by atoms with E-state index in [4.69, 9.17) is 14.0 Å². The Morgan fingerprint density at radius 2 is 2.03 bits per heavy atom. The third-order valence-electron chi connectivity index (χ3n) is 5.72. The van der Waals surface area contributed by atoms with E-state index in [2.05, 4.69) is 15.5 Å². The largest absolute Gasteiger partial charge is 0.494 e. The lowest BCUT2D eigenvalue weighted by atomic mass is 9.94. The summed E-state index contributed by atoms with van der Waals surface area (Å²) in [4.78, 5) is 19.0. The molecule has 1 unspecified atom stereocenters. The van der Waals surface area contributed by atoms with E-state index in [9.17, 15) is 13.6 Å². The smallest absolute Gasteiger partial charge is 0.322 e. The molecule has 1 atom stereocenters. The van der Waals surface area contributed by atoms with E-state index in [-0.39, 0.29) is 23.5 Å². The van der Waals surface area contributed by atoms with Gasteiger partial charge < -0.3 is 19.3 Å². The van der Waals surface area contributed by atoms with Gasteiger partial charge in [0.15, 0.2) is 11.6 Å². The van der Waals surface area contributed by atoms with Crippen LogP contribution >= 0.6 is 0 Å². The van der Waals surface area contributed by atoms with Crippen molar-refractivity contribution in [3.63, 3.8) is 0 Å². The van der Waals surface area contributed by atoms with Gasteiger partial charge in [0.2, 0.25) is 5.82 Å². The van der Waals surface area contributed by atoms with Crippen LogP contribution in [0.5, 0.6) is 5.75 Å². The molecule has 1 aromatic heterocycles. The van der Waals surface area contributed by atoms with Crippen molar-refractivity contribution in [1.29, 1.82) is 0 Å². The van der Waals surface area contributed by atoms with Crippen molar-refractivity contribution in [1.82, 2.24) is 20.4 Å². The summed E-state index contributed by atoms with van der Waals surface area (Å²) in [5, 5.41) is 6.94. The molecule has 8 nitrogen and oxygen atoms in total. The molecule has 0 radical (unpaired) electrons. The summed E-state index contributed by atoms with van der Waals surface area (Å²) in [7, 11) is 1.38. The third kappa shape index (κ3) is 5.17. The fraction of sp³-hybridized carbons (Fsp3) is 0.320. The summed E-state index contributed by atoms with van der Waals surface area (Å²) in [6, 6.07) is 9.25. The number of hydrogen-bond acceptors (Lipinski definition) is 6. The van der Waals surface area contributed by atoms with E-state index in [0.29, 0.717) is 48.6 Å². The van der Waals surface area contributed by atoms with E-state index in [1.54, 1.807) is 30.0 Å². The maximum Gasteiger partial charge on any atom is 0.322 e. The Hall–Kier alpha value is -3.79. The summed E-state index contributed by atoms with van der Waals surface area (Å²) in [6.07, 6.45) is 0.622. The van der Waals surface area contributed by atoms with E-state index >= 15 is 0 Å². The highest BCUT2D eigenvalue weighted by atomic mass is 19.1. The highest BCUT2D eigenvalue weighted by Crippen LogP contribution is 2.37. The van der Waals surface area contributed by atoms with Crippen LogP contribution in [0.15, 0.2) is 52.7 Å². The summed E-state index contributed by atoms with van der Waals surface area (Å²) < 4.78 is 44.2. The topological polar surface area (TPSA) is 89.7 Å². The number of allylic oxidation sites excluding steroid dienone is 1. The number of nitrogens with zero attached hydrogens (tertiary/aromatic N) is 3. The summed E-state index contributed by atoms with van der Waals surface area (Å²) in [5.74, 6) is -0.597. The predicted octanol–water partition coefficient (Wildman–Crippen LogP) is 4.95. The van der Waals surface area contributed by atoms with Crippen LogP contribution in [0.1, 0.15) is 37.8 Å². The normalized spacial score (nSPS) is 16.0. The number of methoxy groups -OCH3 is 1. The molecule has 0 spiro atoms. The number of hydrogen-bond donors (Lipinski definition) is 1. The molecule has 0 saturated heterocycles. The van der Waals surface area contributed by atoms with Crippen LogP contribution in [-0.4, -0.2) is 47.9 Å². The molecule has 3 aromatic rings. The zero-order chi connectivity index (χ0) is 24.9. The van der Waals surface area contributed by atoms with Gasteiger partial charge in [0.1, 0.15) is 5.82 Å². The first kappa shape index (κ1) is 24.3. The Morgan fingerprint density at radius 1 is 1.20 bits per heavy atom. The Labute approximate surface area is 201 Å². The van der Waals surface area contributed by atoms with Gasteiger partial charge in [-0.3, -0.25) is 4.90 Å². The highest BCUT2D eigenvalue weighted by molar-refractivity contribution is 5.86. The van der Waals surface area contributed by atoms with Crippen molar-refractivity contribution in [2.75, 3.05) is 26.9 Å². The number of nitrogens with one attached hydrogen (secondary N) is 1. The second-order valence-electron chi connectivity index (χ2n) is 7.91. The number of urea groups is 1. The molecule has 0 aliphatic carbocycles. The van der Waals surface area contributed by atoms with Crippen molar-refractivity contribution in [3.05, 3.63) is 71.3 Å². The predicted molar refractivity (Wildman–Crippen MR) is 124 cm³/mol. The number of carbonyl (C=O) groups is 1. The average molecular weight is 485 g/mol. The number of aromatic nitrogens is 2. The lowest BCUT2D eigenvalue weighted by molar-refractivity contribution is 0.136. The first-order valence-corrected chi connectivity index (χ1v) is 11.2. The van der Waals surface area contributed by atoms with Gasteiger partial charge >= 0.3 is 6.03 Å². The molecule has 1 aliphatic heterocycles. The van der Waals surface area contributed by atoms with Crippen LogP contribution in [0, 0.1) is 11.6 Å². The van der Waals surface area contributed by atoms with E-state index in [1.165, 1.54) is 31.4 Å². The van der Waals surface area contributed by atoms with Crippen molar-refractivity contribution in [2.24, 2.45) is 0 Å². The number of amides is 2. The Morgan fingerprint density at radius 3 is 2.74 bits per heavy atom. The number of halogens is 2. The van der Waals surface area contributed by atoms with Gasteiger partial charge in [-0.05, 0) is 56.2 Å². The Kier molecular flexibility index (Phi) is 7.40. The summed E-state index contributed by atoms with van der Waals surface area (Å²) in [5.41, 5.74) is 2.04. The van der Waals surface area contributed by atoms with Gasteiger partial charge in [-0.2, -0.15) is 4.98 Å². The molecule has 2 heterocycles. The number of ether oxygens (including phenoxy) is 2. The average Bonchev–Trinajstić information content (AvgIpc) is 3.33. The molecule has 2 amide bonds. The van der Waals surface area contributed by atoms with Crippen LogP contribution in [0.3, 0.4) is 0 Å². The lowest BCUT2D eigenvalue weighted by Crippen LogP contribution is -2.46. The molecular weight excluding hydrogens is 458 g/mol. The van der Waals surface area contributed by atoms with Gasteiger partial charge in [-0.1, -0.05) is 17.3 Å². The molecule has 184 valence electrons. The molecule has 1 N–H and O–H groups in total. The van der Waals surface area contributed by atoms with E-state index < -0.39 is 17.7 Å². The molecule has 35 heavy (non-hydrogen) atoms. The van der Waals surface area contributed by atoms with Crippen molar-refractivity contribution < 1.29 is 27.6 Å². The minimum absolute atomic E-state index is 0.0971. The zero-order valence-electron chi connectivity index (χ0n) is 19.7. The first-order chi connectivity index (χ1) is 16.9.